The summed E-state index contributed by atoms with van der Waals surface area (Å²) >= 11 is 0. The summed E-state index contributed by atoms with van der Waals surface area (Å²) in [5.74, 6) is 3.40. The predicted octanol–water partition coefficient (Wildman–Crippen LogP) is 3.76. The van der Waals surface area contributed by atoms with Crippen molar-refractivity contribution in [1.29, 1.82) is 0 Å². The number of aromatic amines is 1. The number of H-pyrrole nitrogens is 1. The molecule has 0 spiro atoms. The molecule has 0 amide bonds. The predicted molar refractivity (Wildman–Crippen MR) is 103 cm³/mol. The van der Waals surface area contributed by atoms with Crippen molar-refractivity contribution in [2.75, 3.05) is 33.8 Å². The van der Waals surface area contributed by atoms with Crippen LogP contribution in [0.1, 0.15) is 11.1 Å². The van der Waals surface area contributed by atoms with Crippen molar-refractivity contribution in [3.8, 4) is 34.3 Å². The van der Waals surface area contributed by atoms with Gasteiger partial charge in [0.2, 0.25) is 0 Å². The third-order valence-electron chi connectivity index (χ3n) is 4.76. The first kappa shape index (κ1) is 17.1. The smallest absolute Gasteiger partial charge is 0.184 e. The van der Waals surface area contributed by atoms with Crippen LogP contribution in [0, 0.1) is 0 Å². The van der Waals surface area contributed by atoms with Gasteiger partial charge in [-0.05, 0) is 17.7 Å². The maximum absolute atomic E-state index is 5.53. The number of anilines is 2. The van der Waals surface area contributed by atoms with Crippen LogP contribution in [0.3, 0.4) is 0 Å². The molecule has 0 saturated heterocycles. The monoisotopic (exact) mass is 367 g/mol. The van der Waals surface area contributed by atoms with Crippen molar-refractivity contribution in [3.05, 3.63) is 41.5 Å². The van der Waals surface area contributed by atoms with Crippen LogP contribution < -0.4 is 24.3 Å². The number of ether oxygens (including phenoxy) is 4. The fraction of sp³-hybridized carbons (Fsp3) is 0.250. The van der Waals surface area contributed by atoms with Gasteiger partial charge in [0.1, 0.15) is 11.5 Å². The molecule has 0 atom stereocenters. The topological polar surface area (TPSA) is 77.6 Å². The number of nitrogens with one attached hydrogen (secondary N) is 2. The fourth-order valence-electron chi connectivity index (χ4n) is 3.40. The Hall–Kier alpha value is -3.35. The Kier molecular flexibility index (Phi) is 4.27. The average molecular weight is 367 g/mol. The molecule has 7 nitrogen and oxygen atoms in total. The zero-order chi connectivity index (χ0) is 19.0. The van der Waals surface area contributed by atoms with Crippen molar-refractivity contribution in [3.63, 3.8) is 0 Å². The van der Waals surface area contributed by atoms with Crippen LogP contribution in [0.4, 0.5) is 11.5 Å². The summed E-state index contributed by atoms with van der Waals surface area (Å²) in [6.07, 6.45) is 0.789. The first-order valence-electron chi connectivity index (χ1n) is 8.50. The highest BCUT2D eigenvalue weighted by atomic mass is 16.5. The summed E-state index contributed by atoms with van der Waals surface area (Å²) in [6.45, 7) is 0. The molecule has 0 unspecified atom stereocenters. The molecule has 0 fully saturated rings. The lowest BCUT2D eigenvalue weighted by atomic mass is 10.1. The third-order valence-corrected chi connectivity index (χ3v) is 4.76. The molecule has 0 radical (unpaired) electrons. The van der Waals surface area contributed by atoms with Gasteiger partial charge in [0.05, 0.1) is 39.8 Å². The highest BCUT2D eigenvalue weighted by Crippen LogP contribution is 2.44. The largest absolute Gasteiger partial charge is 0.497 e. The maximum Gasteiger partial charge on any atom is 0.184 e. The van der Waals surface area contributed by atoms with Gasteiger partial charge in [0, 0.05) is 29.7 Å². The zero-order valence-corrected chi connectivity index (χ0v) is 15.7. The normalized spacial score (nSPS) is 11.6. The number of fused-ring (bicyclic) bond motifs is 3. The van der Waals surface area contributed by atoms with Gasteiger partial charge in [-0.1, -0.05) is 6.07 Å². The molecule has 140 valence electrons. The van der Waals surface area contributed by atoms with Crippen LogP contribution in [0.25, 0.3) is 11.3 Å². The molecule has 2 N–H and O–H groups in total. The van der Waals surface area contributed by atoms with Crippen LogP contribution in [0.5, 0.6) is 23.0 Å². The summed E-state index contributed by atoms with van der Waals surface area (Å²) in [5, 5.41) is 11.0. The van der Waals surface area contributed by atoms with E-state index in [1.807, 2.05) is 18.2 Å². The molecule has 1 aliphatic rings. The lowest BCUT2D eigenvalue weighted by molar-refractivity contribution is 0.350. The van der Waals surface area contributed by atoms with E-state index in [-0.39, 0.29) is 0 Å². The first-order valence-corrected chi connectivity index (χ1v) is 8.50. The van der Waals surface area contributed by atoms with Crippen LogP contribution >= 0.6 is 0 Å². The van der Waals surface area contributed by atoms with Gasteiger partial charge < -0.3 is 24.3 Å². The number of aromatic nitrogens is 2. The molecule has 0 bridgehead atoms. The molecule has 7 heteroatoms. The zero-order valence-electron chi connectivity index (χ0n) is 15.7. The number of hydrogen-bond acceptors (Lipinski definition) is 6. The number of methoxy groups -OCH3 is 4. The van der Waals surface area contributed by atoms with Gasteiger partial charge in [-0.3, -0.25) is 5.10 Å². The second-order valence-electron chi connectivity index (χ2n) is 6.16. The molecule has 1 heterocycles. The maximum atomic E-state index is 5.53. The molecule has 0 aliphatic heterocycles. The van der Waals surface area contributed by atoms with Gasteiger partial charge in [0.25, 0.3) is 0 Å². The van der Waals surface area contributed by atoms with Gasteiger partial charge in [-0.15, -0.1) is 0 Å². The quantitative estimate of drug-likeness (QED) is 0.540. The van der Waals surface area contributed by atoms with Crippen molar-refractivity contribution < 1.29 is 18.9 Å². The minimum atomic E-state index is 0.583. The highest BCUT2D eigenvalue weighted by molar-refractivity contribution is 5.82. The molecule has 3 aromatic rings. The van der Waals surface area contributed by atoms with Gasteiger partial charge in [-0.25, -0.2) is 0 Å². The fourth-order valence-corrected chi connectivity index (χ4v) is 3.40. The second-order valence-corrected chi connectivity index (χ2v) is 6.16. The summed E-state index contributed by atoms with van der Waals surface area (Å²) in [5.41, 5.74) is 5.16. The minimum Gasteiger partial charge on any atom is -0.497 e. The Morgan fingerprint density at radius 1 is 0.926 bits per heavy atom. The first-order chi connectivity index (χ1) is 13.2. The summed E-state index contributed by atoms with van der Waals surface area (Å²) in [4.78, 5) is 0. The van der Waals surface area contributed by atoms with Crippen molar-refractivity contribution in [1.82, 2.24) is 10.2 Å². The van der Waals surface area contributed by atoms with Gasteiger partial charge >= 0.3 is 0 Å². The number of hydrogen-bond donors (Lipinski definition) is 2. The summed E-state index contributed by atoms with van der Waals surface area (Å²) < 4.78 is 21.7. The Balaban J connectivity index is 1.73. The van der Waals surface area contributed by atoms with Crippen LogP contribution in [0.15, 0.2) is 30.3 Å². The van der Waals surface area contributed by atoms with E-state index in [9.17, 15) is 0 Å². The molecule has 2 aromatic carbocycles. The Morgan fingerprint density at radius 3 is 2.44 bits per heavy atom. The van der Waals surface area contributed by atoms with E-state index >= 15 is 0 Å². The van der Waals surface area contributed by atoms with E-state index in [4.69, 9.17) is 18.9 Å². The standard InChI is InChI=1S/C20H21N3O4/c1-24-12-6-5-11-7-15-18(14(11)8-12)22-23-20(15)21-16-9-13(25-2)10-17(26-3)19(16)27-4/h5-6,8-10H,7H2,1-4H3,(H2,21,22,23). The van der Waals surface area contributed by atoms with Crippen LogP contribution in [-0.2, 0) is 6.42 Å². The third kappa shape index (κ3) is 2.81. The molecule has 27 heavy (non-hydrogen) atoms. The van der Waals surface area contributed by atoms with Crippen LogP contribution in [0.2, 0.25) is 0 Å². The van der Waals surface area contributed by atoms with E-state index in [2.05, 4.69) is 21.6 Å². The van der Waals surface area contributed by atoms with Crippen molar-refractivity contribution >= 4 is 11.5 Å². The van der Waals surface area contributed by atoms with E-state index in [1.54, 1.807) is 34.5 Å². The van der Waals surface area contributed by atoms with Gasteiger partial charge in [-0.2, -0.15) is 5.10 Å². The molecular weight excluding hydrogens is 346 g/mol. The second kappa shape index (κ2) is 6.75. The highest BCUT2D eigenvalue weighted by Gasteiger charge is 2.26. The summed E-state index contributed by atoms with van der Waals surface area (Å²) in [6, 6.07) is 9.72. The SMILES string of the molecule is COc1cc(Nc2n[nH]c3c2Cc2ccc(OC)cc2-3)c(OC)c(OC)c1. The summed E-state index contributed by atoms with van der Waals surface area (Å²) in [7, 11) is 6.48. The number of rotatable bonds is 6. The van der Waals surface area contributed by atoms with E-state index < -0.39 is 0 Å². The molecular formula is C20H21N3O4. The van der Waals surface area contributed by atoms with Gasteiger partial charge in [0.15, 0.2) is 17.3 Å². The van der Waals surface area contributed by atoms with E-state index in [1.165, 1.54) is 5.56 Å². The van der Waals surface area contributed by atoms with E-state index in [0.29, 0.717) is 17.2 Å². The lowest BCUT2D eigenvalue weighted by Gasteiger charge is -2.15. The van der Waals surface area contributed by atoms with Crippen molar-refractivity contribution in [2.45, 2.75) is 6.42 Å². The van der Waals surface area contributed by atoms with E-state index in [0.717, 1.165) is 40.5 Å². The Bertz CT molecular complexity index is 997. The Morgan fingerprint density at radius 2 is 1.74 bits per heavy atom. The number of nitrogens with zero attached hydrogens (tertiary/aromatic N) is 1. The Labute approximate surface area is 157 Å². The number of benzene rings is 2. The van der Waals surface area contributed by atoms with Crippen LogP contribution in [-0.4, -0.2) is 38.6 Å². The molecule has 1 aliphatic carbocycles. The average Bonchev–Trinajstić information content (AvgIpc) is 3.26. The molecule has 1 aromatic heterocycles. The molecule has 4 rings (SSSR count). The molecule has 0 saturated carbocycles. The van der Waals surface area contributed by atoms with Crippen molar-refractivity contribution in [2.24, 2.45) is 0 Å². The lowest BCUT2D eigenvalue weighted by Crippen LogP contribution is -2.00. The minimum absolute atomic E-state index is 0.583.